The van der Waals surface area contributed by atoms with E-state index in [1.165, 1.54) is 6.07 Å². The van der Waals surface area contributed by atoms with Crippen LogP contribution in [-0.4, -0.2) is 14.5 Å². The maximum Gasteiger partial charge on any atom is 0.165 e. The molecule has 0 fully saturated rings. The van der Waals surface area contributed by atoms with Gasteiger partial charge in [-0.3, -0.25) is 4.57 Å². The summed E-state index contributed by atoms with van der Waals surface area (Å²) in [5.74, 6) is 0.281. The van der Waals surface area contributed by atoms with Gasteiger partial charge in [0.1, 0.15) is 17.2 Å². The normalized spacial score (nSPS) is 12.8. The predicted octanol–water partition coefficient (Wildman–Crippen LogP) is 4.48. The van der Waals surface area contributed by atoms with E-state index in [1.807, 2.05) is 39.0 Å². The SMILES string of the molecule is Cc1ccc(-n2c(C(C)Cl)nc3ccc(C)nc32)c(F)c1. The summed E-state index contributed by atoms with van der Waals surface area (Å²) in [7, 11) is 0. The van der Waals surface area contributed by atoms with E-state index in [1.54, 1.807) is 10.6 Å². The monoisotopic (exact) mass is 303 g/mol. The topological polar surface area (TPSA) is 30.7 Å². The van der Waals surface area contributed by atoms with Crippen LogP contribution in [0.15, 0.2) is 30.3 Å². The summed E-state index contributed by atoms with van der Waals surface area (Å²) in [5, 5.41) is -0.347. The molecule has 21 heavy (non-hydrogen) atoms. The minimum Gasteiger partial charge on any atom is -0.276 e. The third-order valence-electron chi connectivity index (χ3n) is 3.37. The van der Waals surface area contributed by atoms with Gasteiger partial charge in [0, 0.05) is 5.69 Å². The molecule has 1 atom stereocenters. The van der Waals surface area contributed by atoms with Crippen molar-refractivity contribution in [2.45, 2.75) is 26.1 Å². The van der Waals surface area contributed by atoms with E-state index >= 15 is 0 Å². The van der Waals surface area contributed by atoms with E-state index in [0.29, 0.717) is 22.7 Å². The minimum absolute atomic E-state index is 0.309. The quantitative estimate of drug-likeness (QED) is 0.654. The van der Waals surface area contributed by atoms with Crippen molar-refractivity contribution in [2.24, 2.45) is 0 Å². The highest BCUT2D eigenvalue weighted by molar-refractivity contribution is 6.20. The Morgan fingerprint density at radius 3 is 2.57 bits per heavy atom. The van der Waals surface area contributed by atoms with Gasteiger partial charge in [0.2, 0.25) is 0 Å². The first-order valence-electron chi connectivity index (χ1n) is 6.74. The van der Waals surface area contributed by atoms with E-state index in [9.17, 15) is 4.39 Å². The van der Waals surface area contributed by atoms with Gasteiger partial charge in [-0.1, -0.05) is 6.07 Å². The molecule has 0 radical (unpaired) electrons. The van der Waals surface area contributed by atoms with Gasteiger partial charge < -0.3 is 0 Å². The van der Waals surface area contributed by atoms with Crippen molar-refractivity contribution in [3.05, 3.63) is 53.2 Å². The summed E-state index contributed by atoms with van der Waals surface area (Å²) in [5.41, 5.74) is 3.47. The van der Waals surface area contributed by atoms with Crippen molar-refractivity contribution in [1.29, 1.82) is 0 Å². The highest BCUT2D eigenvalue weighted by Gasteiger charge is 2.19. The third-order valence-corrected chi connectivity index (χ3v) is 3.56. The van der Waals surface area contributed by atoms with E-state index in [2.05, 4.69) is 9.97 Å². The van der Waals surface area contributed by atoms with Crippen molar-refractivity contribution in [3.8, 4) is 5.69 Å². The van der Waals surface area contributed by atoms with Gasteiger partial charge in [-0.2, -0.15) is 0 Å². The van der Waals surface area contributed by atoms with Crippen LogP contribution in [0.1, 0.15) is 29.4 Å². The third kappa shape index (κ3) is 2.40. The fourth-order valence-electron chi connectivity index (χ4n) is 2.37. The molecule has 0 aliphatic rings. The van der Waals surface area contributed by atoms with Crippen LogP contribution in [0.3, 0.4) is 0 Å². The van der Waals surface area contributed by atoms with Crippen molar-refractivity contribution < 1.29 is 4.39 Å². The van der Waals surface area contributed by atoms with Crippen LogP contribution in [0, 0.1) is 19.7 Å². The van der Waals surface area contributed by atoms with E-state index < -0.39 is 0 Å². The van der Waals surface area contributed by atoms with Crippen LogP contribution in [0.4, 0.5) is 4.39 Å². The van der Waals surface area contributed by atoms with Gasteiger partial charge in [-0.05, 0) is 50.6 Å². The molecule has 3 rings (SSSR count). The number of hydrogen-bond acceptors (Lipinski definition) is 2. The Morgan fingerprint density at radius 2 is 1.90 bits per heavy atom. The molecule has 2 heterocycles. The molecule has 108 valence electrons. The van der Waals surface area contributed by atoms with Gasteiger partial charge in [0.15, 0.2) is 5.65 Å². The number of rotatable bonds is 2. The molecule has 0 aliphatic heterocycles. The summed E-state index contributed by atoms with van der Waals surface area (Å²) in [6.45, 7) is 5.57. The Morgan fingerprint density at radius 1 is 1.14 bits per heavy atom. The Hall–Kier alpha value is -1.94. The van der Waals surface area contributed by atoms with Crippen LogP contribution in [0.2, 0.25) is 0 Å². The molecule has 5 heteroatoms. The van der Waals surface area contributed by atoms with Crippen molar-refractivity contribution in [2.75, 3.05) is 0 Å². The molecule has 3 aromatic rings. The second-order valence-electron chi connectivity index (χ2n) is 5.17. The summed E-state index contributed by atoms with van der Waals surface area (Å²) < 4.78 is 16.1. The number of aryl methyl sites for hydroxylation is 2. The van der Waals surface area contributed by atoms with E-state index in [4.69, 9.17) is 11.6 Å². The Kier molecular flexibility index (Phi) is 3.41. The standard InChI is InChI=1S/C16H15ClFN3/c1-9-4-7-14(12(18)8-9)21-15(11(3)17)20-13-6-5-10(2)19-16(13)21/h4-8,11H,1-3H3. The number of aromatic nitrogens is 3. The molecule has 0 saturated carbocycles. The lowest BCUT2D eigenvalue weighted by atomic mass is 10.2. The fraction of sp³-hybridized carbons (Fsp3) is 0.250. The summed E-state index contributed by atoms with van der Waals surface area (Å²) in [6, 6.07) is 8.86. The fourth-order valence-corrected chi connectivity index (χ4v) is 2.51. The highest BCUT2D eigenvalue weighted by Crippen LogP contribution is 2.28. The van der Waals surface area contributed by atoms with Crippen molar-refractivity contribution >= 4 is 22.8 Å². The first-order valence-corrected chi connectivity index (χ1v) is 7.17. The molecule has 0 spiro atoms. The number of benzene rings is 1. The van der Waals surface area contributed by atoms with Crippen LogP contribution in [0.25, 0.3) is 16.9 Å². The van der Waals surface area contributed by atoms with E-state index in [0.717, 1.165) is 11.3 Å². The van der Waals surface area contributed by atoms with Gasteiger partial charge in [-0.25, -0.2) is 14.4 Å². The first-order chi connectivity index (χ1) is 9.97. The molecule has 0 saturated heterocycles. The number of fused-ring (bicyclic) bond motifs is 1. The van der Waals surface area contributed by atoms with Gasteiger partial charge in [-0.15, -0.1) is 11.6 Å². The molecule has 1 aromatic carbocycles. The zero-order valence-corrected chi connectivity index (χ0v) is 12.8. The largest absolute Gasteiger partial charge is 0.276 e. The Bertz CT molecular complexity index is 824. The maximum atomic E-state index is 14.4. The Balaban J connectivity index is 2.38. The summed E-state index contributed by atoms with van der Waals surface area (Å²) in [4.78, 5) is 8.99. The molecule has 0 bridgehead atoms. The minimum atomic E-state index is -0.347. The number of alkyl halides is 1. The summed E-state index contributed by atoms with van der Waals surface area (Å²) >= 11 is 6.22. The Labute approximate surface area is 127 Å². The van der Waals surface area contributed by atoms with Gasteiger partial charge in [0.25, 0.3) is 0 Å². The number of imidazole rings is 1. The number of pyridine rings is 1. The molecule has 0 amide bonds. The van der Waals surface area contributed by atoms with Gasteiger partial charge in [0.05, 0.1) is 11.1 Å². The zero-order valence-electron chi connectivity index (χ0n) is 12.1. The van der Waals surface area contributed by atoms with Gasteiger partial charge >= 0.3 is 0 Å². The van der Waals surface area contributed by atoms with Crippen molar-refractivity contribution in [3.63, 3.8) is 0 Å². The second kappa shape index (κ2) is 5.11. The molecule has 0 aliphatic carbocycles. The average molecular weight is 304 g/mol. The lowest BCUT2D eigenvalue weighted by Crippen LogP contribution is -2.05. The number of hydrogen-bond donors (Lipinski definition) is 0. The molecular formula is C16H15ClFN3. The smallest absolute Gasteiger partial charge is 0.165 e. The highest BCUT2D eigenvalue weighted by atomic mass is 35.5. The summed E-state index contributed by atoms with van der Waals surface area (Å²) in [6.07, 6.45) is 0. The van der Waals surface area contributed by atoms with Crippen LogP contribution in [0.5, 0.6) is 0 Å². The maximum absolute atomic E-state index is 14.4. The first kappa shape index (κ1) is 14.0. The molecule has 3 nitrogen and oxygen atoms in total. The van der Waals surface area contributed by atoms with Crippen molar-refractivity contribution in [1.82, 2.24) is 14.5 Å². The molecule has 0 N–H and O–H groups in total. The lowest BCUT2D eigenvalue weighted by molar-refractivity contribution is 0.615. The van der Waals surface area contributed by atoms with Crippen LogP contribution >= 0.6 is 11.6 Å². The van der Waals surface area contributed by atoms with Crippen LogP contribution in [-0.2, 0) is 0 Å². The lowest BCUT2D eigenvalue weighted by Gasteiger charge is -2.11. The van der Waals surface area contributed by atoms with E-state index in [-0.39, 0.29) is 11.2 Å². The number of halogens is 2. The predicted molar refractivity (Wildman–Crippen MR) is 82.6 cm³/mol. The number of nitrogens with zero attached hydrogens (tertiary/aromatic N) is 3. The molecule has 2 aromatic heterocycles. The molecule has 1 unspecified atom stereocenters. The zero-order chi connectivity index (χ0) is 15.1. The second-order valence-corrected chi connectivity index (χ2v) is 5.83. The molecular weight excluding hydrogens is 289 g/mol. The average Bonchev–Trinajstić information content (AvgIpc) is 2.77. The van der Waals surface area contributed by atoms with Crippen LogP contribution < -0.4 is 0 Å².